The van der Waals surface area contributed by atoms with Crippen LogP contribution in [0.5, 0.6) is 0 Å². The lowest BCUT2D eigenvalue weighted by molar-refractivity contribution is -0.146. The highest BCUT2D eigenvalue weighted by Gasteiger charge is 2.32. The fourth-order valence-corrected chi connectivity index (χ4v) is 2.37. The van der Waals surface area contributed by atoms with Crippen LogP contribution in [0.1, 0.15) is 38.5 Å². The first-order valence-electron chi connectivity index (χ1n) is 6.25. The number of carbonyl (C=O) groups is 3. The molecule has 2 atom stereocenters. The normalized spacial score (nSPS) is 24.2. The van der Waals surface area contributed by atoms with Crippen molar-refractivity contribution in [2.24, 2.45) is 11.8 Å². The second-order valence-corrected chi connectivity index (χ2v) is 4.64. The largest absolute Gasteiger partial charge is 0.469 e. The first-order chi connectivity index (χ1) is 8.58. The summed E-state index contributed by atoms with van der Waals surface area (Å²) in [5.41, 5.74) is 0. The molecule has 18 heavy (non-hydrogen) atoms. The van der Waals surface area contributed by atoms with E-state index in [0.29, 0.717) is 12.8 Å². The van der Waals surface area contributed by atoms with E-state index in [1.165, 1.54) is 14.2 Å². The number of Topliss-reactive ketones (excluding diaryl/α,β-unsaturated/α-hetero) is 1. The van der Waals surface area contributed by atoms with Gasteiger partial charge in [0.2, 0.25) is 0 Å². The molecule has 0 aromatic carbocycles. The summed E-state index contributed by atoms with van der Waals surface area (Å²) in [5, 5.41) is 0. The van der Waals surface area contributed by atoms with Crippen molar-refractivity contribution in [1.82, 2.24) is 0 Å². The summed E-state index contributed by atoms with van der Waals surface area (Å²) in [6.45, 7) is 0. The Labute approximate surface area is 107 Å². The Balaban J connectivity index is 2.65. The lowest BCUT2D eigenvalue weighted by atomic mass is 9.87. The van der Waals surface area contributed by atoms with Gasteiger partial charge in [-0.2, -0.15) is 0 Å². The van der Waals surface area contributed by atoms with Crippen LogP contribution in [0.2, 0.25) is 0 Å². The van der Waals surface area contributed by atoms with Gasteiger partial charge >= 0.3 is 11.9 Å². The van der Waals surface area contributed by atoms with Crippen LogP contribution in [0.4, 0.5) is 0 Å². The van der Waals surface area contributed by atoms with Crippen molar-refractivity contribution >= 4 is 17.7 Å². The molecule has 5 nitrogen and oxygen atoms in total. The second-order valence-electron chi connectivity index (χ2n) is 4.64. The fourth-order valence-electron chi connectivity index (χ4n) is 2.37. The summed E-state index contributed by atoms with van der Waals surface area (Å²) in [7, 11) is 2.63. The number of ketones is 1. The summed E-state index contributed by atoms with van der Waals surface area (Å²) in [5.74, 6) is -1.35. The standard InChI is InChI=1S/C13H20O5/c1-17-11(14)7-9-5-3-4-6-10(13(9)16)8-12(15)18-2/h9-10H,3-8H2,1-2H3. The van der Waals surface area contributed by atoms with Crippen molar-refractivity contribution < 1.29 is 23.9 Å². The second kappa shape index (κ2) is 7.13. The van der Waals surface area contributed by atoms with E-state index in [0.717, 1.165) is 12.8 Å². The Kier molecular flexibility index (Phi) is 5.82. The van der Waals surface area contributed by atoms with Gasteiger partial charge < -0.3 is 9.47 Å². The molecule has 1 aliphatic rings. The van der Waals surface area contributed by atoms with Crippen LogP contribution in [0.15, 0.2) is 0 Å². The third kappa shape index (κ3) is 4.13. The van der Waals surface area contributed by atoms with Crippen molar-refractivity contribution in [3.05, 3.63) is 0 Å². The molecule has 1 saturated carbocycles. The first-order valence-corrected chi connectivity index (χ1v) is 6.25. The first kappa shape index (κ1) is 14.7. The van der Waals surface area contributed by atoms with E-state index in [4.69, 9.17) is 0 Å². The van der Waals surface area contributed by atoms with Crippen LogP contribution in [-0.2, 0) is 23.9 Å². The minimum atomic E-state index is -0.368. The lowest BCUT2D eigenvalue weighted by Crippen LogP contribution is -2.26. The smallest absolute Gasteiger partial charge is 0.306 e. The minimum Gasteiger partial charge on any atom is -0.469 e. The molecule has 0 bridgehead atoms. The van der Waals surface area contributed by atoms with Gasteiger partial charge in [0.1, 0.15) is 5.78 Å². The van der Waals surface area contributed by atoms with Crippen LogP contribution in [0.3, 0.4) is 0 Å². The van der Waals surface area contributed by atoms with E-state index < -0.39 is 0 Å². The molecule has 1 rings (SSSR count). The van der Waals surface area contributed by atoms with Crippen molar-refractivity contribution in [3.63, 3.8) is 0 Å². The van der Waals surface area contributed by atoms with Gasteiger partial charge in [-0.25, -0.2) is 0 Å². The zero-order valence-electron chi connectivity index (χ0n) is 10.9. The average molecular weight is 256 g/mol. The highest BCUT2D eigenvalue weighted by atomic mass is 16.5. The molecule has 2 unspecified atom stereocenters. The van der Waals surface area contributed by atoms with Crippen LogP contribution >= 0.6 is 0 Å². The van der Waals surface area contributed by atoms with Crippen molar-refractivity contribution in [2.75, 3.05) is 14.2 Å². The predicted molar refractivity (Wildman–Crippen MR) is 63.7 cm³/mol. The zero-order valence-corrected chi connectivity index (χ0v) is 10.9. The number of rotatable bonds is 4. The predicted octanol–water partition coefficient (Wildman–Crippen LogP) is 1.49. The molecule has 0 aromatic heterocycles. The third-order valence-corrected chi connectivity index (χ3v) is 3.44. The fraction of sp³-hybridized carbons (Fsp3) is 0.769. The van der Waals surface area contributed by atoms with Gasteiger partial charge in [-0.1, -0.05) is 12.8 Å². The molecule has 0 spiro atoms. The quantitative estimate of drug-likeness (QED) is 0.563. The summed E-state index contributed by atoms with van der Waals surface area (Å²) in [4.78, 5) is 34.7. The average Bonchev–Trinajstić information content (AvgIpc) is 2.54. The molecular formula is C13H20O5. The summed E-state index contributed by atoms with van der Waals surface area (Å²) in [6.07, 6.45) is 3.45. The van der Waals surface area contributed by atoms with E-state index in [1.807, 2.05) is 0 Å². The number of hydrogen-bond donors (Lipinski definition) is 0. The Bertz CT molecular complexity index is 293. The molecule has 0 radical (unpaired) electrons. The Hall–Kier alpha value is -1.39. The number of ether oxygens (including phenoxy) is 2. The molecule has 1 aliphatic carbocycles. The third-order valence-electron chi connectivity index (χ3n) is 3.44. The highest BCUT2D eigenvalue weighted by molar-refractivity contribution is 5.89. The Morgan fingerprint density at radius 2 is 1.39 bits per heavy atom. The van der Waals surface area contributed by atoms with Gasteiger partial charge in [0.05, 0.1) is 27.1 Å². The summed E-state index contributed by atoms with van der Waals surface area (Å²) in [6, 6.07) is 0. The maximum Gasteiger partial charge on any atom is 0.306 e. The van der Waals surface area contributed by atoms with Gasteiger partial charge in [-0.15, -0.1) is 0 Å². The number of carbonyl (C=O) groups excluding carboxylic acids is 3. The van der Waals surface area contributed by atoms with E-state index in [-0.39, 0.29) is 42.4 Å². The monoisotopic (exact) mass is 256 g/mol. The van der Waals surface area contributed by atoms with E-state index in [2.05, 4.69) is 9.47 Å². The molecular weight excluding hydrogens is 236 g/mol. The number of esters is 2. The number of methoxy groups -OCH3 is 2. The Morgan fingerprint density at radius 3 is 1.72 bits per heavy atom. The molecule has 0 saturated heterocycles. The molecule has 5 heteroatoms. The van der Waals surface area contributed by atoms with Crippen LogP contribution in [-0.4, -0.2) is 31.9 Å². The van der Waals surface area contributed by atoms with Gasteiger partial charge in [-0.05, 0) is 12.8 Å². The molecule has 0 amide bonds. The van der Waals surface area contributed by atoms with Gasteiger partial charge in [0.15, 0.2) is 0 Å². The van der Waals surface area contributed by atoms with E-state index in [9.17, 15) is 14.4 Å². The van der Waals surface area contributed by atoms with Gasteiger partial charge in [-0.3, -0.25) is 14.4 Å². The molecule has 0 heterocycles. The highest BCUT2D eigenvalue weighted by Crippen LogP contribution is 2.29. The molecule has 1 fully saturated rings. The van der Waals surface area contributed by atoms with Crippen LogP contribution in [0, 0.1) is 11.8 Å². The maximum absolute atomic E-state index is 12.2. The lowest BCUT2D eigenvalue weighted by Gasteiger charge is -2.17. The zero-order chi connectivity index (χ0) is 13.5. The molecule has 102 valence electrons. The van der Waals surface area contributed by atoms with Crippen molar-refractivity contribution in [2.45, 2.75) is 38.5 Å². The maximum atomic E-state index is 12.2. The minimum absolute atomic E-state index is 0.00306. The SMILES string of the molecule is COC(=O)CC1CCCCC(CC(=O)OC)C1=O. The van der Waals surface area contributed by atoms with Crippen molar-refractivity contribution in [3.8, 4) is 0 Å². The molecule has 0 N–H and O–H groups in total. The van der Waals surface area contributed by atoms with Crippen LogP contribution < -0.4 is 0 Å². The Morgan fingerprint density at radius 1 is 1.00 bits per heavy atom. The van der Waals surface area contributed by atoms with E-state index in [1.54, 1.807) is 0 Å². The topological polar surface area (TPSA) is 69.7 Å². The summed E-state index contributed by atoms with van der Waals surface area (Å²) < 4.78 is 9.19. The summed E-state index contributed by atoms with van der Waals surface area (Å²) >= 11 is 0. The van der Waals surface area contributed by atoms with Gasteiger partial charge in [0.25, 0.3) is 0 Å². The number of hydrogen-bond acceptors (Lipinski definition) is 5. The van der Waals surface area contributed by atoms with Gasteiger partial charge in [0, 0.05) is 11.8 Å². The molecule has 0 aromatic rings. The van der Waals surface area contributed by atoms with Crippen molar-refractivity contribution in [1.29, 1.82) is 0 Å². The van der Waals surface area contributed by atoms with Crippen LogP contribution in [0.25, 0.3) is 0 Å². The van der Waals surface area contributed by atoms with E-state index >= 15 is 0 Å². The molecule has 0 aliphatic heterocycles.